The van der Waals surface area contributed by atoms with Crippen LogP contribution in [0.4, 0.5) is 5.69 Å². The second kappa shape index (κ2) is 7.77. The zero-order valence-electron chi connectivity index (χ0n) is 14.2. The van der Waals surface area contributed by atoms with Crippen molar-refractivity contribution in [2.75, 3.05) is 50.7 Å². The summed E-state index contributed by atoms with van der Waals surface area (Å²) in [4.78, 5) is 23.7. The van der Waals surface area contributed by atoms with Crippen molar-refractivity contribution in [3.05, 3.63) is 24.5 Å². The first-order valence-electron chi connectivity index (χ1n) is 8.94. The minimum atomic E-state index is 0.214. The smallest absolute Gasteiger partial charge is 0.225 e. The van der Waals surface area contributed by atoms with E-state index in [4.69, 9.17) is 0 Å². The Morgan fingerprint density at radius 3 is 2.35 bits per heavy atom. The first-order valence-corrected chi connectivity index (χ1v) is 8.94. The highest BCUT2D eigenvalue weighted by molar-refractivity contribution is 5.79. The van der Waals surface area contributed by atoms with Crippen LogP contribution in [0, 0.1) is 5.92 Å². The molecule has 0 saturated carbocycles. The lowest BCUT2D eigenvalue weighted by Gasteiger charge is -2.39. The van der Waals surface area contributed by atoms with Gasteiger partial charge in [-0.3, -0.25) is 14.7 Å². The molecule has 5 heteroatoms. The predicted octanol–water partition coefficient (Wildman–Crippen LogP) is 1.85. The number of hydrogen-bond donors (Lipinski definition) is 0. The first kappa shape index (κ1) is 16.2. The van der Waals surface area contributed by atoms with E-state index in [9.17, 15) is 4.79 Å². The number of carbonyl (C=O) groups excluding carboxylic acids is 1. The zero-order chi connectivity index (χ0) is 16.1. The molecule has 126 valence electrons. The highest BCUT2D eigenvalue weighted by Gasteiger charge is 2.30. The van der Waals surface area contributed by atoms with Gasteiger partial charge in [-0.1, -0.05) is 6.92 Å². The SMILES string of the molecule is CCCN1CCN(C(=O)C2CCN(c3ccncc3)CC2)CC1. The Kier molecular flexibility index (Phi) is 5.49. The number of piperazine rings is 1. The summed E-state index contributed by atoms with van der Waals surface area (Å²) in [5.41, 5.74) is 1.22. The second-order valence-electron chi connectivity index (χ2n) is 6.63. The third-order valence-electron chi connectivity index (χ3n) is 5.10. The number of carbonyl (C=O) groups is 1. The van der Waals surface area contributed by atoms with Crippen molar-refractivity contribution in [2.24, 2.45) is 5.92 Å². The molecular formula is C18H28N4O. The van der Waals surface area contributed by atoms with Crippen LogP contribution in [-0.4, -0.2) is 66.5 Å². The maximum absolute atomic E-state index is 12.7. The molecule has 1 aromatic heterocycles. The van der Waals surface area contributed by atoms with Crippen molar-refractivity contribution < 1.29 is 4.79 Å². The van der Waals surface area contributed by atoms with Crippen LogP contribution >= 0.6 is 0 Å². The Morgan fingerprint density at radius 1 is 1.09 bits per heavy atom. The fourth-order valence-electron chi connectivity index (χ4n) is 3.71. The van der Waals surface area contributed by atoms with Crippen LogP contribution < -0.4 is 4.90 Å². The van der Waals surface area contributed by atoms with Gasteiger partial charge in [-0.15, -0.1) is 0 Å². The number of hydrogen-bond acceptors (Lipinski definition) is 4. The molecule has 1 aromatic rings. The summed E-state index contributed by atoms with van der Waals surface area (Å²) in [6, 6.07) is 4.10. The second-order valence-corrected chi connectivity index (χ2v) is 6.63. The maximum atomic E-state index is 12.7. The molecule has 3 rings (SSSR count). The van der Waals surface area contributed by atoms with Crippen LogP contribution in [0.25, 0.3) is 0 Å². The predicted molar refractivity (Wildman–Crippen MR) is 92.5 cm³/mol. The lowest BCUT2D eigenvalue weighted by molar-refractivity contribution is -0.138. The number of piperidine rings is 1. The molecule has 0 unspecified atom stereocenters. The normalized spacial score (nSPS) is 20.7. The summed E-state index contributed by atoms with van der Waals surface area (Å²) in [6.07, 6.45) is 6.80. The Labute approximate surface area is 139 Å². The Bertz CT molecular complexity index is 491. The summed E-state index contributed by atoms with van der Waals surface area (Å²) in [5, 5.41) is 0. The monoisotopic (exact) mass is 316 g/mol. The first-order chi connectivity index (χ1) is 11.3. The molecule has 5 nitrogen and oxygen atoms in total. The molecule has 3 heterocycles. The molecule has 0 radical (unpaired) electrons. The fraction of sp³-hybridized carbons (Fsp3) is 0.667. The lowest BCUT2D eigenvalue weighted by Crippen LogP contribution is -2.51. The van der Waals surface area contributed by atoms with E-state index < -0.39 is 0 Å². The molecule has 0 spiro atoms. The number of pyridine rings is 1. The quantitative estimate of drug-likeness (QED) is 0.850. The maximum Gasteiger partial charge on any atom is 0.225 e. The van der Waals surface area contributed by atoms with Crippen molar-refractivity contribution in [1.82, 2.24) is 14.8 Å². The number of nitrogens with zero attached hydrogens (tertiary/aromatic N) is 4. The molecule has 2 aliphatic rings. The number of amides is 1. The van der Waals surface area contributed by atoms with E-state index in [0.717, 1.165) is 58.7 Å². The number of anilines is 1. The van der Waals surface area contributed by atoms with Crippen molar-refractivity contribution in [2.45, 2.75) is 26.2 Å². The van der Waals surface area contributed by atoms with E-state index in [-0.39, 0.29) is 5.92 Å². The van der Waals surface area contributed by atoms with Gasteiger partial charge in [-0.05, 0) is 37.9 Å². The molecular weight excluding hydrogens is 288 g/mol. The molecule has 23 heavy (non-hydrogen) atoms. The van der Waals surface area contributed by atoms with Crippen molar-refractivity contribution >= 4 is 11.6 Å². The average Bonchev–Trinajstić information content (AvgIpc) is 2.63. The molecule has 0 aliphatic carbocycles. The minimum absolute atomic E-state index is 0.214. The van der Waals surface area contributed by atoms with Gasteiger partial charge >= 0.3 is 0 Å². The van der Waals surface area contributed by atoms with Gasteiger partial charge in [0.15, 0.2) is 0 Å². The Hall–Kier alpha value is -1.62. The number of rotatable bonds is 4. The van der Waals surface area contributed by atoms with Gasteiger partial charge in [-0.25, -0.2) is 0 Å². The van der Waals surface area contributed by atoms with Gasteiger partial charge in [0.2, 0.25) is 5.91 Å². The van der Waals surface area contributed by atoms with Crippen molar-refractivity contribution in [3.63, 3.8) is 0 Å². The molecule has 2 saturated heterocycles. The largest absolute Gasteiger partial charge is 0.371 e. The van der Waals surface area contributed by atoms with Crippen LogP contribution in [-0.2, 0) is 4.79 Å². The number of aromatic nitrogens is 1. The summed E-state index contributed by atoms with van der Waals surface area (Å²) < 4.78 is 0. The third-order valence-corrected chi connectivity index (χ3v) is 5.10. The van der Waals surface area contributed by atoms with Crippen LogP contribution in [0.1, 0.15) is 26.2 Å². The van der Waals surface area contributed by atoms with Gasteiger partial charge in [0.05, 0.1) is 0 Å². The topological polar surface area (TPSA) is 39.7 Å². The highest BCUT2D eigenvalue weighted by atomic mass is 16.2. The fourth-order valence-corrected chi connectivity index (χ4v) is 3.71. The van der Waals surface area contributed by atoms with Gasteiger partial charge in [0.1, 0.15) is 0 Å². The summed E-state index contributed by atoms with van der Waals surface area (Å²) in [6.45, 7) is 9.20. The Morgan fingerprint density at radius 2 is 1.74 bits per heavy atom. The molecule has 0 aromatic carbocycles. The molecule has 1 amide bonds. The van der Waals surface area contributed by atoms with Crippen LogP contribution in [0.2, 0.25) is 0 Å². The van der Waals surface area contributed by atoms with E-state index in [2.05, 4.69) is 38.7 Å². The van der Waals surface area contributed by atoms with Gasteiger partial charge in [0.25, 0.3) is 0 Å². The van der Waals surface area contributed by atoms with Crippen molar-refractivity contribution in [1.29, 1.82) is 0 Å². The Balaban J connectivity index is 1.47. The van der Waals surface area contributed by atoms with Crippen LogP contribution in [0.15, 0.2) is 24.5 Å². The van der Waals surface area contributed by atoms with Gasteiger partial charge in [0, 0.05) is 63.3 Å². The lowest BCUT2D eigenvalue weighted by atomic mass is 9.94. The third kappa shape index (κ3) is 4.02. The minimum Gasteiger partial charge on any atom is -0.371 e. The van der Waals surface area contributed by atoms with E-state index in [1.54, 1.807) is 0 Å². The van der Waals surface area contributed by atoms with Gasteiger partial charge in [-0.2, -0.15) is 0 Å². The standard InChI is InChI=1S/C18H28N4O/c1-2-9-20-12-14-22(15-13-20)18(23)16-5-10-21(11-6-16)17-3-7-19-8-4-17/h3-4,7-8,16H,2,5-6,9-15H2,1H3. The molecule has 0 atom stereocenters. The van der Waals surface area contributed by atoms with E-state index in [0.29, 0.717) is 5.91 Å². The molecule has 0 bridgehead atoms. The van der Waals surface area contributed by atoms with Crippen LogP contribution in [0.3, 0.4) is 0 Å². The zero-order valence-corrected chi connectivity index (χ0v) is 14.2. The van der Waals surface area contributed by atoms with E-state index in [1.807, 2.05) is 12.4 Å². The summed E-state index contributed by atoms with van der Waals surface area (Å²) in [7, 11) is 0. The summed E-state index contributed by atoms with van der Waals surface area (Å²) in [5.74, 6) is 0.598. The van der Waals surface area contributed by atoms with E-state index >= 15 is 0 Å². The average molecular weight is 316 g/mol. The van der Waals surface area contributed by atoms with Crippen molar-refractivity contribution in [3.8, 4) is 0 Å². The van der Waals surface area contributed by atoms with Gasteiger partial charge < -0.3 is 9.80 Å². The summed E-state index contributed by atoms with van der Waals surface area (Å²) >= 11 is 0. The molecule has 2 fully saturated rings. The van der Waals surface area contributed by atoms with E-state index in [1.165, 1.54) is 12.1 Å². The molecule has 2 aliphatic heterocycles. The highest BCUT2D eigenvalue weighted by Crippen LogP contribution is 2.24. The molecule has 0 N–H and O–H groups in total. The van der Waals surface area contributed by atoms with Crippen LogP contribution in [0.5, 0.6) is 0 Å².